The van der Waals surface area contributed by atoms with Gasteiger partial charge in [0.25, 0.3) is 5.91 Å². The molecule has 1 saturated carbocycles. The van der Waals surface area contributed by atoms with Crippen LogP contribution >= 0.6 is 0 Å². The number of urea groups is 2. The summed E-state index contributed by atoms with van der Waals surface area (Å²) in [4.78, 5) is 49.6. The third kappa shape index (κ3) is 3.42. The monoisotopic (exact) mass is 362 g/mol. The highest BCUT2D eigenvalue weighted by atomic mass is 16.3. The third-order valence-corrected chi connectivity index (χ3v) is 5.06. The molecular formula is C17H22N4O5. The summed E-state index contributed by atoms with van der Waals surface area (Å²) in [5, 5.41) is 7.33. The number of hydrogen-bond acceptors (Lipinski definition) is 5. The number of nitrogens with zero attached hydrogens (tertiary/aromatic N) is 1. The standard InChI is InChI=1S/C17H22N4O5/c1-11-5-2-3-7-17(11)14(23)21(16(25)20-17)10-13(22)19-15(24)18-9-12-6-4-8-26-12/h4,6,8,11H,2-3,5,7,9-10H2,1H3,(H,20,25)(H2,18,19,22,24)/t11-,17+/m1/s1. The first-order chi connectivity index (χ1) is 12.4. The topological polar surface area (TPSA) is 121 Å². The molecule has 3 N–H and O–H groups in total. The van der Waals surface area contributed by atoms with Crippen LogP contribution in [-0.4, -0.2) is 40.9 Å². The molecule has 2 fully saturated rings. The largest absolute Gasteiger partial charge is 0.467 e. The first-order valence-corrected chi connectivity index (χ1v) is 8.66. The molecule has 1 spiro atoms. The van der Waals surface area contributed by atoms with Crippen LogP contribution in [0.25, 0.3) is 0 Å². The van der Waals surface area contributed by atoms with E-state index in [0.717, 1.165) is 24.2 Å². The van der Waals surface area contributed by atoms with Gasteiger partial charge in [-0.1, -0.05) is 19.8 Å². The molecule has 9 nitrogen and oxygen atoms in total. The van der Waals surface area contributed by atoms with Gasteiger partial charge >= 0.3 is 12.1 Å². The Morgan fingerprint density at radius 3 is 2.88 bits per heavy atom. The van der Waals surface area contributed by atoms with Gasteiger partial charge in [0, 0.05) is 0 Å². The maximum atomic E-state index is 12.8. The molecule has 0 aromatic carbocycles. The summed E-state index contributed by atoms with van der Waals surface area (Å²) in [6.45, 7) is 1.56. The van der Waals surface area contributed by atoms with Crippen molar-refractivity contribution in [2.45, 2.75) is 44.7 Å². The van der Waals surface area contributed by atoms with Gasteiger partial charge in [-0.15, -0.1) is 0 Å². The predicted molar refractivity (Wildman–Crippen MR) is 89.7 cm³/mol. The summed E-state index contributed by atoms with van der Waals surface area (Å²) < 4.78 is 5.07. The predicted octanol–water partition coefficient (Wildman–Crippen LogP) is 1.11. The molecule has 1 aliphatic heterocycles. The Morgan fingerprint density at radius 2 is 2.19 bits per heavy atom. The van der Waals surface area contributed by atoms with Gasteiger partial charge in [-0.25, -0.2) is 9.59 Å². The fourth-order valence-electron chi connectivity index (χ4n) is 3.57. The lowest BCUT2D eigenvalue weighted by Gasteiger charge is -2.36. The van der Waals surface area contributed by atoms with Crippen molar-refractivity contribution in [3.05, 3.63) is 24.2 Å². The van der Waals surface area contributed by atoms with Gasteiger partial charge in [0.05, 0.1) is 12.8 Å². The Bertz CT molecular complexity index is 717. The summed E-state index contributed by atoms with van der Waals surface area (Å²) >= 11 is 0. The van der Waals surface area contributed by atoms with Crippen LogP contribution in [0.15, 0.2) is 22.8 Å². The number of amides is 6. The van der Waals surface area contributed by atoms with Crippen LogP contribution in [0.3, 0.4) is 0 Å². The summed E-state index contributed by atoms with van der Waals surface area (Å²) in [6.07, 6.45) is 4.76. The van der Waals surface area contributed by atoms with Gasteiger partial charge in [-0.3, -0.25) is 19.8 Å². The maximum Gasteiger partial charge on any atom is 0.325 e. The molecule has 1 aliphatic carbocycles. The van der Waals surface area contributed by atoms with Gasteiger partial charge in [0.2, 0.25) is 5.91 Å². The van der Waals surface area contributed by atoms with E-state index in [-0.39, 0.29) is 18.4 Å². The van der Waals surface area contributed by atoms with E-state index in [2.05, 4.69) is 16.0 Å². The molecular weight excluding hydrogens is 340 g/mol. The highest BCUT2D eigenvalue weighted by molar-refractivity contribution is 6.10. The SMILES string of the molecule is C[C@@H]1CCCC[C@]12NC(=O)N(CC(=O)NC(=O)NCc1ccco1)C2=O. The zero-order chi connectivity index (χ0) is 18.7. The van der Waals surface area contributed by atoms with Crippen molar-refractivity contribution in [1.29, 1.82) is 0 Å². The van der Waals surface area contributed by atoms with Crippen molar-refractivity contribution in [2.24, 2.45) is 5.92 Å². The lowest BCUT2D eigenvalue weighted by atomic mass is 9.73. The molecule has 0 radical (unpaired) electrons. The van der Waals surface area contributed by atoms with E-state index < -0.39 is 30.1 Å². The van der Waals surface area contributed by atoms with Crippen LogP contribution in [0.2, 0.25) is 0 Å². The Morgan fingerprint density at radius 1 is 1.38 bits per heavy atom. The van der Waals surface area contributed by atoms with E-state index >= 15 is 0 Å². The van der Waals surface area contributed by atoms with E-state index in [0.29, 0.717) is 12.2 Å². The fourth-order valence-corrected chi connectivity index (χ4v) is 3.57. The van der Waals surface area contributed by atoms with Crippen LogP contribution in [0, 0.1) is 5.92 Å². The van der Waals surface area contributed by atoms with E-state index in [1.54, 1.807) is 12.1 Å². The minimum Gasteiger partial charge on any atom is -0.467 e. The molecule has 2 aliphatic rings. The highest BCUT2D eigenvalue weighted by Crippen LogP contribution is 2.38. The summed E-state index contributed by atoms with van der Waals surface area (Å²) in [6, 6.07) is 2.05. The zero-order valence-electron chi connectivity index (χ0n) is 14.5. The Labute approximate surface area is 150 Å². The van der Waals surface area contributed by atoms with E-state index in [1.807, 2.05) is 6.92 Å². The normalized spacial score (nSPS) is 25.3. The minimum atomic E-state index is -0.919. The van der Waals surface area contributed by atoms with Crippen molar-refractivity contribution in [2.75, 3.05) is 6.54 Å². The molecule has 0 bridgehead atoms. The van der Waals surface area contributed by atoms with Gasteiger partial charge < -0.3 is 15.1 Å². The lowest BCUT2D eigenvalue weighted by molar-refractivity contribution is -0.137. The number of carbonyl (C=O) groups is 4. The minimum absolute atomic E-state index is 0.0114. The highest BCUT2D eigenvalue weighted by Gasteiger charge is 2.55. The van der Waals surface area contributed by atoms with Crippen LogP contribution < -0.4 is 16.0 Å². The number of rotatable bonds is 4. The van der Waals surface area contributed by atoms with Crippen molar-refractivity contribution in [1.82, 2.24) is 20.9 Å². The maximum absolute atomic E-state index is 12.8. The Balaban J connectivity index is 1.54. The molecule has 2 atom stereocenters. The zero-order valence-corrected chi connectivity index (χ0v) is 14.5. The molecule has 6 amide bonds. The molecule has 1 aromatic heterocycles. The quantitative estimate of drug-likeness (QED) is 0.693. The van der Waals surface area contributed by atoms with Crippen LogP contribution in [0.5, 0.6) is 0 Å². The van der Waals surface area contributed by atoms with Crippen LogP contribution in [-0.2, 0) is 16.1 Å². The summed E-state index contributed by atoms with van der Waals surface area (Å²) in [7, 11) is 0. The third-order valence-electron chi connectivity index (χ3n) is 5.06. The molecule has 1 saturated heterocycles. The van der Waals surface area contributed by atoms with Crippen molar-refractivity contribution < 1.29 is 23.6 Å². The number of imide groups is 2. The Hall–Kier alpha value is -2.84. The fraction of sp³-hybridized carbons (Fsp3) is 0.529. The van der Waals surface area contributed by atoms with Crippen molar-refractivity contribution in [3.8, 4) is 0 Å². The first-order valence-electron chi connectivity index (χ1n) is 8.66. The molecule has 9 heteroatoms. The molecule has 26 heavy (non-hydrogen) atoms. The second-order valence-electron chi connectivity index (χ2n) is 6.75. The summed E-state index contributed by atoms with van der Waals surface area (Å²) in [5.41, 5.74) is -0.919. The van der Waals surface area contributed by atoms with Gasteiger partial charge in [-0.05, 0) is 30.9 Å². The number of carbonyl (C=O) groups excluding carboxylic acids is 4. The van der Waals surface area contributed by atoms with E-state index in [9.17, 15) is 19.2 Å². The molecule has 2 heterocycles. The van der Waals surface area contributed by atoms with Crippen molar-refractivity contribution >= 4 is 23.9 Å². The molecule has 140 valence electrons. The van der Waals surface area contributed by atoms with Crippen LogP contribution in [0.1, 0.15) is 38.4 Å². The average Bonchev–Trinajstić information content (AvgIpc) is 3.19. The molecule has 1 aromatic rings. The molecule has 0 unspecified atom stereocenters. The average molecular weight is 362 g/mol. The number of nitrogens with one attached hydrogen (secondary N) is 3. The second-order valence-corrected chi connectivity index (χ2v) is 6.75. The summed E-state index contributed by atoms with van der Waals surface area (Å²) in [5.74, 6) is -0.570. The van der Waals surface area contributed by atoms with Gasteiger partial charge in [0.1, 0.15) is 17.8 Å². The van der Waals surface area contributed by atoms with Crippen LogP contribution in [0.4, 0.5) is 9.59 Å². The van der Waals surface area contributed by atoms with Gasteiger partial charge in [0.15, 0.2) is 0 Å². The number of hydrogen-bond donors (Lipinski definition) is 3. The second kappa shape index (κ2) is 7.19. The lowest BCUT2D eigenvalue weighted by Crippen LogP contribution is -2.54. The first kappa shape index (κ1) is 18.0. The smallest absolute Gasteiger partial charge is 0.325 e. The Kier molecular flexibility index (Phi) is 4.97. The molecule has 3 rings (SSSR count). The van der Waals surface area contributed by atoms with Crippen molar-refractivity contribution in [3.63, 3.8) is 0 Å². The van der Waals surface area contributed by atoms with E-state index in [4.69, 9.17) is 4.42 Å². The number of furan rings is 1. The van der Waals surface area contributed by atoms with Gasteiger partial charge in [-0.2, -0.15) is 0 Å². The van der Waals surface area contributed by atoms with E-state index in [1.165, 1.54) is 6.26 Å².